The van der Waals surface area contributed by atoms with E-state index in [4.69, 9.17) is 10.2 Å². The quantitative estimate of drug-likeness (QED) is 0.483. The molecule has 2 N–H and O–H groups in total. The Hall–Kier alpha value is -2.52. The number of carboxylic acids is 1. The molecule has 1 aromatic carbocycles. The molecule has 2 rings (SSSR count). The molecule has 7 nitrogen and oxygen atoms in total. The monoisotopic (exact) mass is 339 g/mol. The maximum Gasteiger partial charge on any atom is 0.371 e. The van der Waals surface area contributed by atoms with E-state index in [1.54, 1.807) is 18.2 Å². The minimum atomic E-state index is -3.85. The van der Waals surface area contributed by atoms with E-state index < -0.39 is 27.3 Å². The lowest BCUT2D eigenvalue weighted by Gasteiger charge is -1.99. The zero-order valence-corrected chi connectivity index (χ0v) is 12.5. The molecule has 0 atom stereocenters. The van der Waals surface area contributed by atoms with Gasteiger partial charge in [0, 0.05) is 11.5 Å². The Kier molecular flexibility index (Phi) is 4.38. The summed E-state index contributed by atoms with van der Waals surface area (Å²) in [7, 11) is -3.85. The molecular weight excluding hydrogens is 330 g/mol. The number of rotatable bonds is 5. The van der Waals surface area contributed by atoms with Crippen molar-refractivity contribution in [3.05, 3.63) is 52.6 Å². The van der Waals surface area contributed by atoms with Crippen LogP contribution in [0.3, 0.4) is 0 Å². The molecule has 1 heterocycles. The number of hydrogen-bond donors (Lipinski definition) is 2. The van der Waals surface area contributed by atoms with Crippen LogP contribution in [0.4, 0.5) is 0 Å². The van der Waals surface area contributed by atoms with E-state index in [9.17, 15) is 18.0 Å². The number of aliphatic hydroxyl groups is 1. The Balaban J connectivity index is 2.35. The number of sulfone groups is 1. The molecule has 0 spiro atoms. The van der Waals surface area contributed by atoms with Crippen LogP contribution >= 0.6 is 11.3 Å². The van der Waals surface area contributed by atoms with Gasteiger partial charge in [0.15, 0.2) is 10.0 Å². The lowest BCUT2D eigenvalue weighted by Crippen LogP contribution is -2.05. The third-order valence-electron chi connectivity index (χ3n) is 2.51. The van der Waals surface area contributed by atoms with Gasteiger partial charge in [0.1, 0.15) is 0 Å². The summed E-state index contributed by atoms with van der Waals surface area (Å²) < 4.78 is 24.5. The fourth-order valence-corrected chi connectivity index (χ4v) is 3.73. The maximum atomic E-state index is 12.3. The average molecular weight is 339 g/mol. The number of carbonyl (C=O) groups is 2. The van der Waals surface area contributed by atoms with Crippen LogP contribution in [0.25, 0.3) is 0 Å². The van der Waals surface area contributed by atoms with Crippen LogP contribution < -0.4 is 0 Å². The average Bonchev–Trinajstić information content (AvgIpc) is 2.98. The van der Waals surface area contributed by atoms with Crippen LogP contribution in [-0.2, 0) is 14.6 Å². The molecular formula is C13H9NO6S2. The Bertz CT molecular complexity index is 852. The van der Waals surface area contributed by atoms with Crippen molar-refractivity contribution in [3.63, 3.8) is 0 Å². The molecule has 0 aliphatic rings. The topological polar surface area (TPSA) is 122 Å². The highest BCUT2D eigenvalue weighted by Gasteiger charge is 2.22. The van der Waals surface area contributed by atoms with Crippen molar-refractivity contribution < 1.29 is 28.2 Å². The molecule has 0 radical (unpaired) electrons. The van der Waals surface area contributed by atoms with E-state index in [0.29, 0.717) is 6.08 Å². The first kappa shape index (κ1) is 15.9. The molecule has 0 saturated heterocycles. The van der Waals surface area contributed by atoms with Crippen molar-refractivity contribution in [2.45, 2.75) is 9.92 Å². The number of hydrogen-bond acceptors (Lipinski definition) is 7. The first-order chi connectivity index (χ1) is 10.3. The zero-order chi connectivity index (χ0) is 16.3. The zero-order valence-electron chi connectivity index (χ0n) is 10.8. The number of carbonyl (C=O) groups excluding carboxylic acids is 1. The molecule has 22 heavy (non-hydrogen) atoms. The molecule has 9 heteroatoms. The van der Waals surface area contributed by atoms with Crippen LogP contribution in [0, 0.1) is 0 Å². The van der Waals surface area contributed by atoms with Gasteiger partial charge in [-0.15, -0.1) is 11.3 Å². The van der Waals surface area contributed by atoms with Crippen molar-refractivity contribution >= 4 is 32.9 Å². The second-order valence-electron chi connectivity index (χ2n) is 4.01. The molecule has 0 aliphatic heterocycles. The van der Waals surface area contributed by atoms with Gasteiger partial charge in [-0.3, -0.25) is 4.79 Å². The Morgan fingerprint density at radius 1 is 1.14 bits per heavy atom. The van der Waals surface area contributed by atoms with E-state index in [-0.39, 0.29) is 14.9 Å². The van der Waals surface area contributed by atoms with Crippen LogP contribution in [0.15, 0.2) is 57.5 Å². The van der Waals surface area contributed by atoms with Crippen LogP contribution in [0.2, 0.25) is 0 Å². The van der Waals surface area contributed by atoms with Crippen molar-refractivity contribution in [2.75, 3.05) is 0 Å². The minimum Gasteiger partial charge on any atom is -0.502 e. The highest BCUT2D eigenvalue weighted by atomic mass is 32.2. The molecule has 0 bridgehead atoms. The summed E-state index contributed by atoms with van der Waals surface area (Å²) in [6, 6.07) is 7.56. The summed E-state index contributed by atoms with van der Waals surface area (Å²) in [5.74, 6) is -3.70. The largest absolute Gasteiger partial charge is 0.502 e. The summed E-state index contributed by atoms with van der Waals surface area (Å²) in [4.78, 5) is 25.9. The lowest BCUT2D eigenvalue weighted by atomic mass is 10.3. The number of allylic oxidation sites excluding steroid dienone is 1. The molecule has 0 fully saturated rings. The fraction of sp³-hybridized carbons (Fsp3) is 0. The Morgan fingerprint density at radius 3 is 2.36 bits per heavy atom. The molecule has 0 amide bonds. The minimum absolute atomic E-state index is 0.0308. The predicted molar refractivity (Wildman–Crippen MR) is 76.7 cm³/mol. The van der Waals surface area contributed by atoms with Gasteiger partial charge in [0.2, 0.25) is 21.4 Å². The smallest absolute Gasteiger partial charge is 0.371 e. The van der Waals surface area contributed by atoms with Crippen molar-refractivity contribution in [2.24, 2.45) is 0 Å². The second kappa shape index (κ2) is 6.08. The number of benzene rings is 1. The summed E-state index contributed by atoms with van der Waals surface area (Å²) in [6.07, 6.45) is 0.472. The van der Waals surface area contributed by atoms with Crippen molar-refractivity contribution in [1.82, 2.24) is 4.98 Å². The van der Waals surface area contributed by atoms with E-state index >= 15 is 0 Å². The molecule has 0 unspecified atom stereocenters. The van der Waals surface area contributed by atoms with Gasteiger partial charge in [-0.2, -0.15) is 0 Å². The van der Waals surface area contributed by atoms with E-state index in [1.807, 2.05) is 0 Å². The highest BCUT2D eigenvalue weighted by molar-refractivity contribution is 7.91. The van der Waals surface area contributed by atoms with E-state index in [1.165, 1.54) is 17.5 Å². The number of aromatic nitrogens is 1. The van der Waals surface area contributed by atoms with Gasteiger partial charge in [0.25, 0.3) is 0 Å². The van der Waals surface area contributed by atoms with Gasteiger partial charge in [-0.1, -0.05) is 18.2 Å². The predicted octanol–water partition coefficient (Wildman–Crippen LogP) is 1.69. The van der Waals surface area contributed by atoms with E-state index in [2.05, 4.69) is 4.98 Å². The van der Waals surface area contributed by atoms with E-state index in [0.717, 1.165) is 11.3 Å². The molecule has 1 aromatic heterocycles. The summed E-state index contributed by atoms with van der Waals surface area (Å²) in [5.41, 5.74) is 0. The van der Waals surface area contributed by atoms with Crippen LogP contribution in [0.5, 0.6) is 0 Å². The van der Waals surface area contributed by atoms with Crippen LogP contribution in [0.1, 0.15) is 9.80 Å². The molecule has 0 aliphatic carbocycles. The lowest BCUT2D eigenvalue weighted by molar-refractivity contribution is -0.135. The number of ketones is 1. The number of thiazole rings is 1. The SMILES string of the molecule is O=C(O)C(O)=CC(=O)c1nc(S(=O)(=O)c2ccccc2)cs1. The number of aliphatic carboxylic acids is 1. The normalized spacial score (nSPS) is 12.1. The first-order valence-electron chi connectivity index (χ1n) is 5.76. The van der Waals surface area contributed by atoms with Crippen molar-refractivity contribution in [1.29, 1.82) is 0 Å². The third kappa shape index (κ3) is 3.21. The van der Waals surface area contributed by atoms with Gasteiger partial charge in [0.05, 0.1) is 4.90 Å². The van der Waals surface area contributed by atoms with Crippen molar-refractivity contribution in [3.8, 4) is 0 Å². The number of aliphatic hydroxyl groups excluding tert-OH is 1. The van der Waals surface area contributed by atoms with Crippen LogP contribution in [-0.4, -0.2) is 35.4 Å². The maximum absolute atomic E-state index is 12.3. The third-order valence-corrected chi connectivity index (χ3v) is 5.17. The number of nitrogens with zero attached hydrogens (tertiary/aromatic N) is 1. The summed E-state index contributed by atoms with van der Waals surface area (Å²) >= 11 is 0.744. The van der Waals surface area contributed by atoms with Gasteiger partial charge < -0.3 is 10.2 Å². The Labute approximate surface area is 129 Å². The molecule has 2 aromatic rings. The Morgan fingerprint density at radius 2 is 1.77 bits per heavy atom. The molecule has 0 saturated carbocycles. The van der Waals surface area contributed by atoms with Gasteiger partial charge in [-0.25, -0.2) is 18.2 Å². The summed E-state index contributed by atoms with van der Waals surface area (Å²) in [6.45, 7) is 0. The number of carboxylic acid groups (broad SMARTS) is 1. The molecule has 114 valence electrons. The summed E-state index contributed by atoms with van der Waals surface area (Å²) in [5, 5.41) is 18.1. The fourth-order valence-electron chi connectivity index (χ4n) is 1.46. The van der Waals surface area contributed by atoms with Gasteiger partial charge >= 0.3 is 5.97 Å². The highest BCUT2D eigenvalue weighted by Crippen LogP contribution is 2.22. The first-order valence-corrected chi connectivity index (χ1v) is 8.12. The van der Waals surface area contributed by atoms with Gasteiger partial charge in [-0.05, 0) is 12.1 Å². The standard InChI is InChI=1S/C13H9NO6S2/c15-9(6-10(16)13(17)18)12-14-11(7-21-12)22(19,20)8-4-2-1-3-5-8/h1-7,16H,(H,17,18). The second-order valence-corrected chi connectivity index (χ2v) is 6.76.